The molecule has 8 nitrogen and oxygen atoms in total. The molecule has 1 N–H and O–H groups in total. The van der Waals surface area contributed by atoms with Gasteiger partial charge in [0.2, 0.25) is 0 Å². The predicted molar refractivity (Wildman–Crippen MR) is 107 cm³/mol. The highest BCUT2D eigenvalue weighted by molar-refractivity contribution is 5.96. The van der Waals surface area contributed by atoms with Crippen molar-refractivity contribution in [2.75, 3.05) is 20.2 Å². The third-order valence-corrected chi connectivity index (χ3v) is 5.13. The number of nitro groups is 1. The summed E-state index contributed by atoms with van der Waals surface area (Å²) in [6, 6.07) is 11.6. The van der Waals surface area contributed by atoms with E-state index >= 15 is 0 Å². The summed E-state index contributed by atoms with van der Waals surface area (Å²) in [5.41, 5.74) is 1.58. The summed E-state index contributed by atoms with van der Waals surface area (Å²) < 4.78 is 4.98. The fourth-order valence-corrected chi connectivity index (χ4v) is 3.47. The molecule has 2 aromatic rings. The van der Waals surface area contributed by atoms with Crippen molar-refractivity contribution in [3.63, 3.8) is 0 Å². The number of ether oxygens (including phenoxy) is 1. The van der Waals surface area contributed by atoms with E-state index in [0.29, 0.717) is 31.5 Å². The van der Waals surface area contributed by atoms with Crippen molar-refractivity contribution in [2.24, 2.45) is 0 Å². The molecule has 1 fully saturated rings. The van der Waals surface area contributed by atoms with E-state index in [1.54, 1.807) is 11.0 Å². The average Bonchev–Trinajstić information content (AvgIpc) is 2.73. The van der Waals surface area contributed by atoms with Crippen LogP contribution in [0.3, 0.4) is 0 Å². The Kier molecular flexibility index (Phi) is 6.11. The van der Waals surface area contributed by atoms with Crippen LogP contribution in [0.25, 0.3) is 0 Å². The molecule has 1 aliphatic rings. The smallest absolute Gasteiger partial charge is 0.311 e. The summed E-state index contributed by atoms with van der Waals surface area (Å²) in [4.78, 5) is 37.5. The number of aryl methyl sites for hydroxylation is 1. The molecule has 1 heterocycles. The number of piperidine rings is 1. The monoisotopic (exact) mass is 397 g/mol. The molecule has 0 saturated carbocycles. The minimum atomic E-state index is -0.567. The minimum absolute atomic E-state index is 0.0173. The number of hydrogen-bond acceptors (Lipinski definition) is 5. The summed E-state index contributed by atoms with van der Waals surface area (Å²) >= 11 is 0. The molecule has 1 saturated heterocycles. The van der Waals surface area contributed by atoms with Crippen LogP contribution in [-0.2, 0) is 0 Å². The number of carbonyl (C=O) groups is 2. The van der Waals surface area contributed by atoms with Gasteiger partial charge in [-0.25, -0.2) is 0 Å². The van der Waals surface area contributed by atoms with Gasteiger partial charge in [-0.1, -0.05) is 18.2 Å². The first-order chi connectivity index (χ1) is 13.9. The van der Waals surface area contributed by atoms with Crippen LogP contribution in [0.2, 0.25) is 0 Å². The summed E-state index contributed by atoms with van der Waals surface area (Å²) in [5.74, 6) is -0.262. The lowest BCUT2D eigenvalue weighted by molar-refractivity contribution is -0.385. The number of carbonyl (C=O) groups excluding carboxylic acids is 2. The van der Waals surface area contributed by atoms with Crippen LogP contribution in [0.1, 0.15) is 39.1 Å². The van der Waals surface area contributed by atoms with Crippen molar-refractivity contribution in [1.82, 2.24) is 10.2 Å². The summed E-state index contributed by atoms with van der Waals surface area (Å²) in [6.07, 6.45) is 1.25. The van der Waals surface area contributed by atoms with Gasteiger partial charge in [0, 0.05) is 36.3 Å². The van der Waals surface area contributed by atoms with Gasteiger partial charge in [-0.05, 0) is 43.5 Å². The second-order valence-electron chi connectivity index (χ2n) is 7.00. The molecule has 29 heavy (non-hydrogen) atoms. The molecule has 8 heteroatoms. The van der Waals surface area contributed by atoms with Gasteiger partial charge in [0.25, 0.3) is 11.8 Å². The molecule has 0 unspecified atom stereocenters. The van der Waals surface area contributed by atoms with E-state index in [4.69, 9.17) is 4.74 Å². The first kappa shape index (κ1) is 20.3. The SMILES string of the molecule is COc1ccc(C(=O)N2CCC(NC(=O)c3ccccc3C)CC2)cc1[N+](=O)[O-]. The van der Waals surface area contributed by atoms with Gasteiger partial charge in [-0.2, -0.15) is 0 Å². The van der Waals surface area contributed by atoms with Crippen molar-refractivity contribution >= 4 is 17.5 Å². The fourth-order valence-electron chi connectivity index (χ4n) is 3.47. The second-order valence-corrected chi connectivity index (χ2v) is 7.00. The first-order valence-electron chi connectivity index (χ1n) is 9.39. The van der Waals surface area contributed by atoms with Gasteiger partial charge < -0.3 is 15.0 Å². The maximum absolute atomic E-state index is 12.7. The van der Waals surface area contributed by atoms with Gasteiger partial charge >= 0.3 is 5.69 Å². The Balaban J connectivity index is 1.61. The third-order valence-electron chi connectivity index (χ3n) is 5.13. The van der Waals surface area contributed by atoms with E-state index in [1.807, 2.05) is 25.1 Å². The van der Waals surface area contributed by atoms with E-state index in [2.05, 4.69) is 5.32 Å². The largest absolute Gasteiger partial charge is 0.490 e. The van der Waals surface area contributed by atoms with Gasteiger partial charge in [0.1, 0.15) is 0 Å². The fraction of sp³-hybridized carbons (Fsp3) is 0.333. The summed E-state index contributed by atoms with van der Waals surface area (Å²) in [6.45, 7) is 2.83. The highest BCUT2D eigenvalue weighted by atomic mass is 16.6. The molecule has 2 aromatic carbocycles. The zero-order chi connectivity index (χ0) is 21.0. The lowest BCUT2D eigenvalue weighted by Crippen LogP contribution is -2.46. The van der Waals surface area contributed by atoms with Crippen molar-refractivity contribution in [3.05, 3.63) is 69.3 Å². The molecule has 0 spiro atoms. The first-order valence-corrected chi connectivity index (χ1v) is 9.39. The van der Waals surface area contributed by atoms with Crippen LogP contribution in [-0.4, -0.2) is 47.9 Å². The van der Waals surface area contributed by atoms with E-state index in [0.717, 1.165) is 5.56 Å². The Morgan fingerprint density at radius 3 is 2.48 bits per heavy atom. The molecule has 0 radical (unpaired) electrons. The Labute approximate surface area is 168 Å². The summed E-state index contributed by atoms with van der Waals surface area (Å²) in [5, 5.41) is 14.2. The van der Waals surface area contributed by atoms with Crippen LogP contribution in [0.15, 0.2) is 42.5 Å². The molecule has 2 amide bonds. The van der Waals surface area contributed by atoms with Crippen LogP contribution < -0.4 is 10.1 Å². The molecule has 0 aliphatic carbocycles. The highest BCUT2D eigenvalue weighted by Gasteiger charge is 2.27. The second kappa shape index (κ2) is 8.72. The van der Waals surface area contributed by atoms with Gasteiger partial charge in [0.15, 0.2) is 5.75 Å². The maximum atomic E-state index is 12.7. The van der Waals surface area contributed by atoms with Gasteiger partial charge in [-0.15, -0.1) is 0 Å². The van der Waals surface area contributed by atoms with Crippen molar-refractivity contribution in [3.8, 4) is 5.75 Å². The number of nitrogens with one attached hydrogen (secondary N) is 1. The maximum Gasteiger partial charge on any atom is 0.311 e. The predicted octanol–water partition coefficient (Wildman–Crippen LogP) is 2.95. The number of rotatable bonds is 5. The molecule has 152 valence electrons. The number of hydrogen-bond donors (Lipinski definition) is 1. The van der Waals surface area contributed by atoms with Crippen LogP contribution in [0.4, 0.5) is 5.69 Å². The standard InChI is InChI=1S/C21H23N3O5/c1-14-5-3-4-6-17(14)20(25)22-16-9-11-23(12-10-16)21(26)15-7-8-19(29-2)18(13-15)24(27)28/h3-8,13,16H,9-12H2,1-2H3,(H,22,25). The summed E-state index contributed by atoms with van der Waals surface area (Å²) in [7, 11) is 1.35. The van der Waals surface area contributed by atoms with Gasteiger partial charge in [-0.3, -0.25) is 19.7 Å². The molecule has 0 atom stereocenters. The minimum Gasteiger partial charge on any atom is -0.490 e. The van der Waals surface area contributed by atoms with E-state index in [1.165, 1.54) is 25.3 Å². The zero-order valence-corrected chi connectivity index (χ0v) is 16.4. The Morgan fingerprint density at radius 2 is 1.86 bits per heavy atom. The molecule has 1 aliphatic heterocycles. The van der Waals surface area contributed by atoms with Crippen molar-refractivity contribution in [2.45, 2.75) is 25.8 Å². The lowest BCUT2D eigenvalue weighted by atomic mass is 10.0. The van der Waals surface area contributed by atoms with E-state index < -0.39 is 4.92 Å². The van der Waals surface area contributed by atoms with Crippen molar-refractivity contribution in [1.29, 1.82) is 0 Å². The number of nitro benzene ring substituents is 1. The third kappa shape index (κ3) is 4.53. The number of nitrogens with zero attached hydrogens (tertiary/aromatic N) is 2. The molecule has 3 rings (SSSR count). The quantitative estimate of drug-likeness (QED) is 0.617. The Morgan fingerprint density at radius 1 is 1.17 bits per heavy atom. The molecule has 0 aromatic heterocycles. The van der Waals surface area contributed by atoms with Crippen LogP contribution in [0, 0.1) is 17.0 Å². The number of benzene rings is 2. The number of likely N-dealkylation sites (tertiary alicyclic amines) is 1. The van der Waals surface area contributed by atoms with E-state index in [-0.39, 0.29) is 34.9 Å². The molecular formula is C21H23N3O5. The van der Waals surface area contributed by atoms with Crippen LogP contribution >= 0.6 is 0 Å². The van der Waals surface area contributed by atoms with E-state index in [9.17, 15) is 19.7 Å². The van der Waals surface area contributed by atoms with Crippen molar-refractivity contribution < 1.29 is 19.2 Å². The molecule has 0 bridgehead atoms. The number of amides is 2. The lowest BCUT2D eigenvalue weighted by Gasteiger charge is -2.32. The number of methoxy groups -OCH3 is 1. The Bertz CT molecular complexity index is 936. The Hall–Kier alpha value is -3.42. The average molecular weight is 397 g/mol. The zero-order valence-electron chi connectivity index (χ0n) is 16.4. The normalized spacial score (nSPS) is 14.3. The topological polar surface area (TPSA) is 102 Å². The highest BCUT2D eigenvalue weighted by Crippen LogP contribution is 2.28. The van der Waals surface area contributed by atoms with Gasteiger partial charge in [0.05, 0.1) is 12.0 Å². The molecular weight excluding hydrogens is 374 g/mol. The van der Waals surface area contributed by atoms with Crippen LogP contribution in [0.5, 0.6) is 5.75 Å².